The number of carboxylic acids is 1. The van der Waals surface area contributed by atoms with Gasteiger partial charge in [0.05, 0.1) is 12.0 Å². The first-order chi connectivity index (χ1) is 7.04. The maximum absolute atomic E-state index is 11.6. The zero-order valence-corrected chi connectivity index (χ0v) is 9.21. The van der Waals surface area contributed by atoms with Gasteiger partial charge in [-0.1, -0.05) is 0 Å². The van der Waals surface area contributed by atoms with Gasteiger partial charge in [0.25, 0.3) is 5.91 Å². The van der Waals surface area contributed by atoms with Crippen LogP contribution < -0.4 is 4.74 Å². The van der Waals surface area contributed by atoms with E-state index in [2.05, 4.69) is 0 Å². The number of carbonyl (C=O) groups is 2. The lowest BCUT2D eigenvalue weighted by Gasteiger charge is -2.12. The molecule has 1 rings (SSSR count). The average molecular weight is 229 g/mol. The first kappa shape index (κ1) is 11.5. The van der Waals surface area contributed by atoms with Crippen LogP contribution in [0.1, 0.15) is 9.67 Å². The van der Waals surface area contributed by atoms with Crippen molar-refractivity contribution >= 4 is 23.2 Å². The van der Waals surface area contributed by atoms with Crippen LogP contribution in [0.2, 0.25) is 0 Å². The van der Waals surface area contributed by atoms with Crippen LogP contribution in [-0.2, 0) is 4.79 Å². The zero-order chi connectivity index (χ0) is 11.4. The smallest absolute Gasteiger partial charge is 0.323 e. The highest BCUT2D eigenvalue weighted by atomic mass is 32.1. The van der Waals surface area contributed by atoms with Gasteiger partial charge in [-0.2, -0.15) is 0 Å². The van der Waals surface area contributed by atoms with Gasteiger partial charge < -0.3 is 14.7 Å². The number of ether oxygens (including phenoxy) is 1. The van der Waals surface area contributed by atoms with Crippen LogP contribution in [0.3, 0.4) is 0 Å². The summed E-state index contributed by atoms with van der Waals surface area (Å²) in [5.41, 5.74) is 0. The van der Waals surface area contributed by atoms with Crippen LogP contribution >= 0.6 is 11.3 Å². The maximum atomic E-state index is 11.6. The number of carbonyl (C=O) groups excluding carboxylic acids is 1. The summed E-state index contributed by atoms with van der Waals surface area (Å²) in [6.07, 6.45) is 0. The van der Waals surface area contributed by atoms with Crippen molar-refractivity contribution in [3.8, 4) is 5.75 Å². The number of nitrogens with zero attached hydrogens (tertiary/aromatic N) is 1. The Bertz CT molecular complexity index is 374. The third-order valence-electron chi connectivity index (χ3n) is 1.74. The molecule has 0 atom stereocenters. The number of thiophene rings is 1. The van der Waals surface area contributed by atoms with Crippen molar-refractivity contribution in [1.29, 1.82) is 0 Å². The molecule has 0 fully saturated rings. The fourth-order valence-electron chi connectivity index (χ4n) is 1.00. The van der Waals surface area contributed by atoms with Gasteiger partial charge in [-0.3, -0.25) is 9.59 Å². The SMILES string of the molecule is COc1csc(C(=O)N(C)CC(=O)O)c1. The number of amides is 1. The van der Waals surface area contributed by atoms with Gasteiger partial charge in [-0.05, 0) is 0 Å². The molecular weight excluding hydrogens is 218 g/mol. The lowest BCUT2D eigenvalue weighted by Crippen LogP contribution is -2.31. The number of hydrogen-bond donors (Lipinski definition) is 1. The Morgan fingerprint density at radius 2 is 2.27 bits per heavy atom. The summed E-state index contributed by atoms with van der Waals surface area (Å²) < 4.78 is 4.93. The van der Waals surface area contributed by atoms with Crippen LogP contribution in [0.25, 0.3) is 0 Å². The summed E-state index contributed by atoms with van der Waals surface area (Å²) in [6.45, 7) is -0.306. The molecule has 1 aromatic heterocycles. The third-order valence-corrected chi connectivity index (χ3v) is 2.64. The van der Waals surface area contributed by atoms with Gasteiger partial charge in [0.2, 0.25) is 0 Å². The normalized spacial score (nSPS) is 9.73. The minimum Gasteiger partial charge on any atom is -0.496 e. The van der Waals surface area contributed by atoms with Gasteiger partial charge >= 0.3 is 5.97 Å². The van der Waals surface area contributed by atoms with E-state index in [1.165, 1.54) is 25.5 Å². The minimum atomic E-state index is -1.03. The number of methoxy groups -OCH3 is 1. The van der Waals surface area contributed by atoms with Crippen molar-refractivity contribution in [2.75, 3.05) is 20.7 Å². The van der Waals surface area contributed by atoms with Crippen LogP contribution in [0, 0.1) is 0 Å². The number of aliphatic carboxylic acids is 1. The van der Waals surface area contributed by atoms with Gasteiger partial charge in [0.15, 0.2) is 0 Å². The molecule has 0 saturated heterocycles. The molecule has 0 aromatic carbocycles. The third kappa shape index (κ3) is 2.95. The van der Waals surface area contributed by atoms with E-state index in [0.717, 1.165) is 4.90 Å². The molecule has 82 valence electrons. The van der Waals surface area contributed by atoms with Crippen molar-refractivity contribution in [2.24, 2.45) is 0 Å². The summed E-state index contributed by atoms with van der Waals surface area (Å²) in [4.78, 5) is 23.6. The summed E-state index contributed by atoms with van der Waals surface area (Å²) in [7, 11) is 2.96. The van der Waals surface area contributed by atoms with E-state index in [1.807, 2.05) is 0 Å². The topological polar surface area (TPSA) is 66.8 Å². The summed E-state index contributed by atoms with van der Waals surface area (Å²) >= 11 is 1.23. The van der Waals surface area contributed by atoms with Crippen LogP contribution in [-0.4, -0.2) is 42.6 Å². The molecule has 0 saturated carbocycles. The predicted octanol–water partition coefficient (Wildman–Crippen LogP) is 0.913. The molecule has 1 amide bonds. The molecule has 0 aliphatic carbocycles. The standard InChI is InChI=1S/C9H11NO4S/c1-10(4-8(11)12)9(13)7-3-6(14-2)5-15-7/h3,5H,4H2,1-2H3,(H,11,12). The van der Waals surface area contributed by atoms with E-state index in [-0.39, 0.29) is 12.5 Å². The molecule has 15 heavy (non-hydrogen) atoms. The average Bonchev–Trinajstić information content (AvgIpc) is 2.63. The molecule has 1 heterocycles. The van der Waals surface area contributed by atoms with Gasteiger partial charge in [-0.15, -0.1) is 11.3 Å². The van der Waals surface area contributed by atoms with Crippen molar-refractivity contribution in [3.05, 3.63) is 16.3 Å². The molecule has 0 radical (unpaired) electrons. The van der Waals surface area contributed by atoms with E-state index < -0.39 is 5.97 Å². The molecule has 1 N–H and O–H groups in total. The van der Waals surface area contributed by atoms with Crippen molar-refractivity contribution in [3.63, 3.8) is 0 Å². The summed E-state index contributed by atoms with van der Waals surface area (Å²) in [5.74, 6) is -0.743. The van der Waals surface area contributed by atoms with E-state index in [0.29, 0.717) is 10.6 Å². The molecule has 0 aliphatic heterocycles. The molecule has 5 nitrogen and oxygen atoms in total. The van der Waals surface area contributed by atoms with E-state index in [4.69, 9.17) is 9.84 Å². The van der Waals surface area contributed by atoms with Crippen molar-refractivity contribution < 1.29 is 19.4 Å². The molecule has 1 aromatic rings. The van der Waals surface area contributed by atoms with Crippen molar-refractivity contribution in [2.45, 2.75) is 0 Å². The minimum absolute atomic E-state index is 0.306. The highest BCUT2D eigenvalue weighted by molar-refractivity contribution is 7.12. The van der Waals surface area contributed by atoms with Gasteiger partial charge in [0, 0.05) is 18.5 Å². The largest absolute Gasteiger partial charge is 0.496 e. The van der Waals surface area contributed by atoms with Crippen LogP contribution in [0.15, 0.2) is 11.4 Å². The Morgan fingerprint density at radius 1 is 1.60 bits per heavy atom. The second-order valence-electron chi connectivity index (χ2n) is 2.91. The van der Waals surface area contributed by atoms with Gasteiger partial charge in [0.1, 0.15) is 12.3 Å². The number of carboxylic acid groups (broad SMARTS) is 1. The highest BCUT2D eigenvalue weighted by Gasteiger charge is 2.16. The quantitative estimate of drug-likeness (QED) is 0.833. The first-order valence-corrected chi connectivity index (χ1v) is 5.02. The molecule has 0 unspecified atom stereocenters. The fourth-order valence-corrected chi connectivity index (χ4v) is 1.85. The second kappa shape index (κ2) is 4.79. The van der Waals surface area contributed by atoms with Crippen LogP contribution in [0.5, 0.6) is 5.75 Å². The number of rotatable bonds is 4. The molecule has 0 spiro atoms. The van der Waals surface area contributed by atoms with E-state index in [9.17, 15) is 9.59 Å². The number of hydrogen-bond acceptors (Lipinski definition) is 4. The molecule has 6 heteroatoms. The monoisotopic (exact) mass is 229 g/mol. The highest BCUT2D eigenvalue weighted by Crippen LogP contribution is 2.21. The Hall–Kier alpha value is -1.56. The van der Waals surface area contributed by atoms with Crippen molar-refractivity contribution in [1.82, 2.24) is 4.90 Å². The number of likely N-dealkylation sites (N-methyl/N-ethyl adjacent to an activating group) is 1. The maximum Gasteiger partial charge on any atom is 0.323 e. The molecular formula is C9H11NO4S. The van der Waals surface area contributed by atoms with Gasteiger partial charge in [-0.25, -0.2) is 0 Å². The second-order valence-corrected chi connectivity index (χ2v) is 3.82. The Labute approximate surface area is 90.9 Å². The Morgan fingerprint density at radius 3 is 2.73 bits per heavy atom. The lowest BCUT2D eigenvalue weighted by molar-refractivity contribution is -0.137. The summed E-state index contributed by atoms with van der Waals surface area (Å²) in [6, 6.07) is 1.59. The first-order valence-electron chi connectivity index (χ1n) is 4.14. The predicted molar refractivity (Wildman–Crippen MR) is 55.5 cm³/mol. The molecule has 0 bridgehead atoms. The van der Waals surface area contributed by atoms with Crippen LogP contribution in [0.4, 0.5) is 0 Å². The molecule has 0 aliphatic rings. The van der Waals surface area contributed by atoms with E-state index >= 15 is 0 Å². The Kier molecular flexibility index (Phi) is 3.68. The zero-order valence-electron chi connectivity index (χ0n) is 8.39. The van der Waals surface area contributed by atoms with E-state index in [1.54, 1.807) is 11.4 Å². The fraction of sp³-hybridized carbons (Fsp3) is 0.333. The lowest BCUT2D eigenvalue weighted by atomic mass is 10.4. The Balaban J connectivity index is 2.71. The summed E-state index contributed by atoms with van der Waals surface area (Å²) in [5, 5.41) is 10.2.